The van der Waals surface area contributed by atoms with Gasteiger partial charge in [-0.3, -0.25) is 9.59 Å². The van der Waals surface area contributed by atoms with E-state index in [1.54, 1.807) is 20.3 Å². The Labute approximate surface area is 180 Å². The van der Waals surface area contributed by atoms with Crippen LogP contribution in [0.5, 0.6) is 0 Å². The van der Waals surface area contributed by atoms with Gasteiger partial charge in [-0.1, -0.05) is 19.3 Å². The van der Waals surface area contributed by atoms with Crippen molar-refractivity contribution in [2.45, 2.75) is 57.9 Å². The van der Waals surface area contributed by atoms with E-state index in [2.05, 4.69) is 28.0 Å². The summed E-state index contributed by atoms with van der Waals surface area (Å²) in [5.74, 6) is 0. The second-order valence-electron chi connectivity index (χ2n) is 6.44. The third-order valence-electron chi connectivity index (χ3n) is 4.55. The SMILES string of the molecule is CCOC=O.COCCCc1c(NC=O)ccc(NC2CCCCC2)c1N.CS. The van der Waals surface area contributed by atoms with Gasteiger partial charge in [0.1, 0.15) is 0 Å². The topological polar surface area (TPSA) is 103 Å². The highest BCUT2D eigenvalue weighted by molar-refractivity contribution is 7.79. The number of rotatable bonds is 10. The van der Waals surface area contributed by atoms with Crippen molar-refractivity contribution in [1.82, 2.24) is 0 Å². The quantitative estimate of drug-likeness (QED) is 0.196. The maximum Gasteiger partial charge on any atom is 0.293 e. The standard InChI is InChI=1S/C17H27N3O2.C3H6O2.CH4S/c1-22-11-5-8-14-15(19-12-21)9-10-16(17(14)18)20-13-6-3-2-4-7-13;1-2-5-3-4;1-2/h9-10,12-13,20H,2-8,11,18H2,1H3,(H,19,21);3H,2H2,1H3;2H,1H3. The zero-order valence-electron chi connectivity index (χ0n) is 17.9. The Hall–Kier alpha value is -1.93. The minimum atomic E-state index is 0.431. The molecule has 7 nitrogen and oxygen atoms in total. The molecule has 0 aliphatic heterocycles. The van der Waals surface area contributed by atoms with E-state index in [0.717, 1.165) is 35.5 Å². The first-order valence-corrected chi connectivity index (χ1v) is 10.9. The number of carbonyl (C=O) groups is 2. The average molecular weight is 428 g/mol. The van der Waals surface area contributed by atoms with Crippen molar-refractivity contribution in [3.63, 3.8) is 0 Å². The molecule has 1 aromatic carbocycles. The molecule has 8 heteroatoms. The van der Waals surface area contributed by atoms with Crippen molar-refractivity contribution in [2.75, 3.05) is 42.9 Å². The third-order valence-corrected chi connectivity index (χ3v) is 4.55. The highest BCUT2D eigenvalue weighted by atomic mass is 32.1. The lowest BCUT2D eigenvalue weighted by molar-refractivity contribution is -0.128. The number of carbonyl (C=O) groups excluding carboxylic acids is 2. The molecule has 0 heterocycles. The van der Waals surface area contributed by atoms with E-state index in [-0.39, 0.29) is 0 Å². The number of thiol groups is 1. The van der Waals surface area contributed by atoms with E-state index in [9.17, 15) is 9.59 Å². The number of amides is 1. The fraction of sp³-hybridized carbons (Fsp3) is 0.619. The van der Waals surface area contributed by atoms with Crippen molar-refractivity contribution >= 4 is 42.6 Å². The lowest BCUT2D eigenvalue weighted by atomic mass is 9.95. The molecule has 166 valence electrons. The van der Waals surface area contributed by atoms with Gasteiger partial charge in [-0.2, -0.15) is 12.6 Å². The van der Waals surface area contributed by atoms with Crippen LogP contribution in [-0.2, 0) is 25.5 Å². The van der Waals surface area contributed by atoms with E-state index in [1.807, 2.05) is 12.1 Å². The van der Waals surface area contributed by atoms with Gasteiger partial charge in [0.2, 0.25) is 6.41 Å². The Morgan fingerprint density at radius 1 is 1.17 bits per heavy atom. The first kappa shape index (κ1) is 27.1. The second-order valence-corrected chi connectivity index (χ2v) is 6.44. The molecule has 1 saturated carbocycles. The Bertz CT molecular complexity index is 567. The molecular weight excluding hydrogens is 390 g/mol. The molecule has 0 radical (unpaired) electrons. The van der Waals surface area contributed by atoms with Crippen LogP contribution in [0.25, 0.3) is 0 Å². The van der Waals surface area contributed by atoms with Crippen molar-refractivity contribution < 1.29 is 19.1 Å². The van der Waals surface area contributed by atoms with E-state index in [1.165, 1.54) is 32.1 Å². The van der Waals surface area contributed by atoms with Gasteiger partial charge in [-0.15, -0.1) is 0 Å². The van der Waals surface area contributed by atoms with Crippen LogP contribution in [0.15, 0.2) is 12.1 Å². The van der Waals surface area contributed by atoms with Gasteiger partial charge < -0.3 is 25.8 Å². The summed E-state index contributed by atoms with van der Waals surface area (Å²) in [6, 6.07) is 4.40. The molecule has 0 spiro atoms. The molecule has 4 N–H and O–H groups in total. The second kappa shape index (κ2) is 18.1. The van der Waals surface area contributed by atoms with Crippen LogP contribution in [0.4, 0.5) is 17.1 Å². The van der Waals surface area contributed by atoms with Gasteiger partial charge in [0.05, 0.1) is 18.0 Å². The summed E-state index contributed by atoms with van der Waals surface area (Å²) in [7, 11) is 1.69. The molecular formula is C21H37N3O4S. The zero-order chi connectivity index (χ0) is 21.9. The number of methoxy groups -OCH3 is 1. The Morgan fingerprint density at radius 2 is 1.83 bits per heavy atom. The Balaban J connectivity index is 0.000000977. The van der Waals surface area contributed by atoms with Crippen LogP contribution in [0.3, 0.4) is 0 Å². The van der Waals surface area contributed by atoms with Gasteiger partial charge in [0.15, 0.2) is 0 Å². The molecule has 0 atom stereocenters. The van der Waals surface area contributed by atoms with E-state index in [0.29, 0.717) is 32.1 Å². The number of hydrogen-bond acceptors (Lipinski definition) is 7. The van der Waals surface area contributed by atoms with Gasteiger partial charge in [0, 0.05) is 31.0 Å². The van der Waals surface area contributed by atoms with Crippen LogP contribution in [0, 0.1) is 0 Å². The number of ether oxygens (including phenoxy) is 2. The van der Waals surface area contributed by atoms with E-state index >= 15 is 0 Å². The van der Waals surface area contributed by atoms with Crippen LogP contribution in [-0.4, -0.2) is 45.5 Å². The van der Waals surface area contributed by atoms with E-state index < -0.39 is 0 Å². The minimum Gasteiger partial charge on any atom is -0.468 e. The first-order chi connectivity index (χ1) is 14.2. The predicted octanol–water partition coefficient (Wildman–Crippen LogP) is 3.89. The summed E-state index contributed by atoms with van der Waals surface area (Å²) < 4.78 is 9.26. The van der Waals surface area contributed by atoms with Gasteiger partial charge in [-0.05, 0) is 51.0 Å². The monoisotopic (exact) mass is 427 g/mol. The largest absolute Gasteiger partial charge is 0.468 e. The molecule has 0 saturated heterocycles. The first-order valence-electron chi connectivity index (χ1n) is 10.0. The molecule has 1 fully saturated rings. The number of nitrogens with one attached hydrogen (secondary N) is 2. The molecule has 0 bridgehead atoms. The molecule has 1 aromatic rings. The fourth-order valence-electron chi connectivity index (χ4n) is 3.19. The van der Waals surface area contributed by atoms with Crippen molar-refractivity contribution in [3.05, 3.63) is 17.7 Å². The van der Waals surface area contributed by atoms with Crippen molar-refractivity contribution in [2.24, 2.45) is 0 Å². The number of benzene rings is 1. The van der Waals surface area contributed by atoms with Gasteiger partial charge >= 0.3 is 0 Å². The van der Waals surface area contributed by atoms with Crippen molar-refractivity contribution in [3.8, 4) is 0 Å². The Kier molecular flexibility index (Phi) is 16.9. The van der Waals surface area contributed by atoms with Crippen LogP contribution < -0.4 is 16.4 Å². The highest BCUT2D eigenvalue weighted by Gasteiger charge is 2.16. The maximum absolute atomic E-state index is 10.8. The summed E-state index contributed by atoms with van der Waals surface area (Å²) in [5.41, 5.74) is 9.86. The third kappa shape index (κ3) is 11.0. The average Bonchev–Trinajstić information content (AvgIpc) is 2.75. The van der Waals surface area contributed by atoms with Gasteiger partial charge in [0.25, 0.3) is 6.47 Å². The lowest BCUT2D eigenvalue weighted by Gasteiger charge is -2.25. The number of nitrogen functional groups attached to an aromatic ring is 1. The molecule has 2 rings (SSSR count). The summed E-state index contributed by atoms with van der Waals surface area (Å²) in [5, 5.41) is 6.32. The predicted molar refractivity (Wildman–Crippen MR) is 124 cm³/mol. The molecule has 0 unspecified atom stereocenters. The van der Waals surface area contributed by atoms with Crippen LogP contribution in [0.1, 0.15) is 51.0 Å². The lowest BCUT2D eigenvalue weighted by Crippen LogP contribution is -2.23. The summed E-state index contributed by atoms with van der Waals surface area (Å²) in [6.45, 7) is 3.35. The molecule has 0 aromatic heterocycles. The fourth-order valence-corrected chi connectivity index (χ4v) is 3.19. The molecule has 1 amide bonds. The number of anilines is 3. The normalized spacial score (nSPS) is 13.1. The summed E-state index contributed by atoms with van der Waals surface area (Å²) in [6.07, 6.45) is 10.4. The molecule has 1 aliphatic rings. The smallest absolute Gasteiger partial charge is 0.293 e. The van der Waals surface area contributed by atoms with Crippen molar-refractivity contribution in [1.29, 1.82) is 0 Å². The number of hydrogen-bond donors (Lipinski definition) is 4. The summed E-state index contributed by atoms with van der Waals surface area (Å²) >= 11 is 3.53. The van der Waals surface area contributed by atoms with Crippen LogP contribution in [0.2, 0.25) is 0 Å². The zero-order valence-corrected chi connectivity index (χ0v) is 18.8. The Morgan fingerprint density at radius 3 is 2.34 bits per heavy atom. The summed E-state index contributed by atoms with van der Waals surface area (Å²) in [4.78, 5) is 20.0. The molecule has 29 heavy (non-hydrogen) atoms. The van der Waals surface area contributed by atoms with E-state index in [4.69, 9.17) is 10.5 Å². The maximum atomic E-state index is 10.8. The highest BCUT2D eigenvalue weighted by Crippen LogP contribution is 2.32. The number of nitrogens with two attached hydrogens (primary N) is 1. The molecule has 1 aliphatic carbocycles. The minimum absolute atomic E-state index is 0.431. The van der Waals surface area contributed by atoms with Gasteiger partial charge in [-0.25, -0.2) is 0 Å². The van der Waals surface area contributed by atoms with Crippen LogP contribution >= 0.6 is 12.6 Å².